The zero-order valence-electron chi connectivity index (χ0n) is 2.56. The SMILES string of the molecule is C.CO[SiH2]O. The van der Waals surface area contributed by atoms with Crippen molar-refractivity contribution in [2.75, 3.05) is 7.11 Å². The van der Waals surface area contributed by atoms with Gasteiger partial charge in [0.15, 0.2) is 0 Å². The van der Waals surface area contributed by atoms with E-state index in [0.29, 0.717) is 0 Å². The zero-order chi connectivity index (χ0) is 3.41. The Morgan fingerprint density at radius 2 is 2.00 bits per heavy atom. The first kappa shape index (κ1) is 8.93. The smallest absolute Gasteiger partial charge is 0.301 e. The monoisotopic (exact) mass is 94.0 g/mol. The zero-order valence-corrected chi connectivity index (χ0v) is 3.98. The Balaban J connectivity index is 0. The maximum Gasteiger partial charge on any atom is 0.301 e. The molecule has 0 amide bonds. The van der Waals surface area contributed by atoms with Crippen LogP contribution in [0.15, 0.2) is 0 Å². The van der Waals surface area contributed by atoms with E-state index in [0.717, 1.165) is 0 Å². The van der Waals surface area contributed by atoms with E-state index >= 15 is 0 Å². The Labute approximate surface area is 34.8 Å². The molecular formula is C2H10O2Si. The summed E-state index contributed by atoms with van der Waals surface area (Å²) in [5.41, 5.74) is 0. The summed E-state index contributed by atoms with van der Waals surface area (Å²) in [5.74, 6) is 0. The minimum Gasteiger partial charge on any atom is -0.415 e. The van der Waals surface area contributed by atoms with Crippen LogP contribution in [-0.4, -0.2) is 21.9 Å². The fourth-order valence-corrected chi connectivity index (χ4v) is 0. The Morgan fingerprint density at radius 3 is 2.00 bits per heavy atom. The first-order chi connectivity index (χ1) is 1.91. The maximum atomic E-state index is 7.79. The van der Waals surface area contributed by atoms with Gasteiger partial charge in [-0.3, -0.25) is 0 Å². The standard InChI is InChI=1S/CH6O2Si.CH4/c1-3-4-2;/h2H,4H2,1H3;1H4. The predicted octanol–water partition coefficient (Wildman–Crippen LogP) is -0.740. The van der Waals surface area contributed by atoms with Crippen molar-refractivity contribution in [3.63, 3.8) is 0 Å². The molecule has 34 valence electrons. The quantitative estimate of drug-likeness (QED) is 0.434. The summed E-state index contributed by atoms with van der Waals surface area (Å²) >= 11 is 0. The average Bonchev–Trinajstić information content (AvgIpc) is 1.37. The van der Waals surface area contributed by atoms with E-state index in [-0.39, 0.29) is 7.43 Å². The Kier molecular flexibility index (Phi) is 15.9. The predicted molar refractivity (Wildman–Crippen MR) is 24.5 cm³/mol. The highest BCUT2D eigenvalue weighted by Crippen LogP contribution is 1.40. The minimum absolute atomic E-state index is 0. The van der Waals surface area contributed by atoms with Gasteiger partial charge in [0, 0.05) is 7.11 Å². The summed E-state index contributed by atoms with van der Waals surface area (Å²) in [6.45, 7) is 0. The molecule has 0 spiro atoms. The van der Waals surface area contributed by atoms with Crippen molar-refractivity contribution in [3.8, 4) is 0 Å². The lowest BCUT2D eigenvalue weighted by molar-refractivity contribution is 0.360. The molecule has 2 nitrogen and oxygen atoms in total. The van der Waals surface area contributed by atoms with Crippen molar-refractivity contribution in [1.82, 2.24) is 0 Å². The van der Waals surface area contributed by atoms with Gasteiger partial charge in [0.25, 0.3) is 0 Å². The number of hydrogen-bond donors (Lipinski definition) is 1. The van der Waals surface area contributed by atoms with Crippen LogP contribution >= 0.6 is 0 Å². The van der Waals surface area contributed by atoms with Crippen molar-refractivity contribution in [2.45, 2.75) is 7.43 Å². The average molecular weight is 94.2 g/mol. The van der Waals surface area contributed by atoms with Crippen LogP contribution in [0.2, 0.25) is 0 Å². The highest BCUT2D eigenvalue weighted by atomic mass is 28.2. The van der Waals surface area contributed by atoms with Crippen LogP contribution < -0.4 is 0 Å². The van der Waals surface area contributed by atoms with E-state index in [9.17, 15) is 0 Å². The van der Waals surface area contributed by atoms with E-state index < -0.39 is 10.0 Å². The van der Waals surface area contributed by atoms with Crippen LogP contribution in [0, 0.1) is 0 Å². The van der Waals surface area contributed by atoms with E-state index in [1.807, 2.05) is 0 Å². The Hall–Kier alpha value is 0.137. The molecular weight excluding hydrogens is 84.1 g/mol. The summed E-state index contributed by atoms with van der Waals surface area (Å²) in [7, 11) is 0.417. The first-order valence-corrected chi connectivity index (χ1v) is 2.22. The van der Waals surface area contributed by atoms with Crippen LogP contribution in [0.5, 0.6) is 0 Å². The second-order valence-electron chi connectivity index (χ2n) is 0.418. The third-order valence-electron chi connectivity index (χ3n) is 0.129. The summed E-state index contributed by atoms with van der Waals surface area (Å²) < 4.78 is 4.24. The molecule has 0 aliphatic heterocycles. The summed E-state index contributed by atoms with van der Waals surface area (Å²) in [6.07, 6.45) is 0. The fourth-order valence-electron chi connectivity index (χ4n) is 0. The molecule has 0 heterocycles. The number of rotatable bonds is 1. The van der Waals surface area contributed by atoms with Gasteiger partial charge in [0.2, 0.25) is 0 Å². The van der Waals surface area contributed by atoms with Crippen LogP contribution in [-0.2, 0) is 4.43 Å². The molecule has 0 radical (unpaired) electrons. The minimum atomic E-state index is -1.08. The summed E-state index contributed by atoms with van der Waals surface area (Å²) in [6, 6.07) is 0. The molecule has 1 N–H and O–H groups in total. The number of hydrogen-bond acceptors (Lipinski definition) is 2. The maximum absolute atomic E-state index is 7.79. The molecule has 5 heavy (non-hydrogen) atoms. The highest BCUT2D eigenvalue weighted by molar-refractivity contribution is 6.15. The molecule has 3 heteroatoms. The van der Waals surface area contributed by atoms with Crippen LogP contribution in [0.3, 0.4) is 0 Å². The molecule has 0 saturated heterocycles. The van der Waals surface area contributed by atoms with Gasteiger partial charge in [-0.25, -0.2) is 0 Å². The van der Waals surface area contributed by atoms with Gasteiger partial charge >= 0.3 is 10.0 Å². The van der Waals surface area contributed by atoms with Crippen LogP contribution in [0.1, 0.15) is 7.43 Å². The largest absolute Gasteiger partial charge is 0.415 e. The molecule has 0 aromatic heterocycles. The third kappa shape index (κ3) is 14.6. The Bertz CT molecular complexity index is 9.61. The molecule has 0 bridgehead atoms. The van der Waals surface area contributed by atoms with Crippen molar-refractivity contribution in [1.29, 1.82) is 0 Å². The summed E-state index contributed by atoms with van der Waals surface area (Å²) in [5, 5.41) is 0. The first-order valence-electron chi connectivity index (χ1n) is 1.01. The highest BCUT2D eigenvalue weighted by Gasteiger charge is 1.57. The van der Waals surface area contributed by atoms with E-state index in [2.05, 4.69) is 4.43 Å². The molecule has 0 unspecified atom stereocenters. The van der Waals surface area contributed by atoms with Gasteiger partial charge in [-0.15, -0.1) is 0 Å². The van der Waals surface area contributed by atoms with Crippen molar-refractivity contribution in [3.05, 3.63) is 0 Å². The van der Waals surface area contributed by atoms with Crippen molar-refractivity contribution < 1.29 is 9.22 Å². The van der Waals surface area contributed by atoms with Gasteiger partial charge in [0.05, 0.1) is 0 Å². The molecule has 0 fully saturated rings. The second kappa shape index (κ2) is 8.91. The van der Waals surface area contributed by atoms with Crippen LogP contribution in [0.4, 0.5) is 0 Å². The Morgan fingerprint density at radius 1 is 1.80 bits per heavy atom. The molecule has 0 aromatic rings. The van der Waals surface area contributed by atoms with Gasteiger partial charge < -0.3 is 9.22 Å². The fraction of sp³-hybridized carbons (Fsp3) is 1.00. The van der Waals surface area contributed by atoms with E-state index in [4.69, 9.17) is 4.80 Å². The molecule has 0 rings (SSSR count). The van der Waals surface area contributed by atoms with Crippen molar-refractivity contribution >= 4 is 10.0 Å². The van der Waals surface area contributed by atoms with Gasteiger partial charge in [0.1, 0.15) is 0 Å². The second-order valence-corrected chi connectivity index (χ2v) is 1.25. The topological polar surface area (TPSA) is 29.5 Å². The van der Waals surface area contributed by atoms with E-state index in [1.165, 1.54) is 7.11 Å². The van der Waals surface area contributed by atoms with Crippen molar-refractivity contribution in [2.24, 2.45) is 0 Å². The van der Waals surface area contributed by atoms with Gasteiger partial charge in [-0.05, 0) is 0 Å². The normalized spacial score (nSPS) is 8.40. The molecule has 0 aliphatic carbocycles. The van der Waals surface area contributed by atoms with E-state index in [1.54, 1.807) is 0 Å². The lowest BCUT2D eigenvalue weighted by Crippen LogP contribution is -1.86. The third-order valence-corrected chi connectivity index (χ3v) is 0.387. The molecule has 0 aliphatic rings. The van der Waals surface area contributed by atoms with Gasteiger partial charge in [-0.2, -0.15) is 0 Å². The van der Waals surface area contributed by atoms with Crippen LogP contribution in [0.25, 0.3) is 0 Å². The van der Waals surface area contributed by atoms with Gasteiger partial charge in [-0.1, -0.05) is 7.43 Å². The lowest BCUT2D eigenvalue weighted by Gasteiger charge is -1.74. The lowest BCUT2D eigenvalue weighted by atomic mass is 11.8. The molecule has 0 saturated carbocycles. The molecule has 0 atom stereocenters. The summed E-state index contributed by atoms with van der Waals surface area (Å²) in [4.78, 5) is 7.79. The molecule has 0 aromatic carbocycles.